The van der Waals surface area contributed by atoms with Gasteiger partial charge in [0.05, 0.1) is 17.5 Å². The van der Waals surface area contributed by atoms with Crippen LogP contribution in [0.15, 0.2) is 41.8 Å². The molecule has 144 valence electrons. The molecule has 1 aliphatic heterocycles. The van der Waals surface area contributed by atoms with E-state index in [1.165, 1.54) is 28.4 Å². The second-order valence-electron chi connectivity index (χ2n) is 6.83. The molecular formula is C20H18FN3O3S. The number of carbonyl (C=O) groups is 3. The Morgan fingerprint density at radius 2 is 1.79 bits per heavy atom. The summed E-state index contributed by atoms with van der Waals surface area (Å²) in [5.41, 5.74) is 1.39. The van der Waals surface area contributed by atoms with Gasteiger partial charge in [-0.05, 0) is 37.1 Å². The second-order valence-corrected chi connectivity index (χ2v) is 7.68. The Morgan fingerprint density at radius 1 is 1.14 bits per heavy atom. The first kappa shape index (κ1) is 18.5. The zero-order valence-electron chi connectivity index (χ0n) is 14.9. The van der Waals surface area contributed by atoms with Gasteiger partial charge < -0.3 is 5.32 Å². The van der Waals surface area contributed by atoms with Crippen molar-refractivity contribution in [1.29, 1.82) is 0 Å². The molecule has 2 aliphatic rings. The van der Waals surface area contributed by atoms with Crippen LogP contribution in [0.25, 0.3) is 11.3 Å². The molecule has 8 heteroatoms. The van der Waals surface area contributed by atoms with Crippen molar-refractivity contribution in [2.24, 2.45) is 11.8 Å². The summed E-state index contributed by atoms with van der Waals surface area (Å²) in [6.45, 7) is 0.0761. The van der Waals surface area contributed by atoms with Gasteiger partial charge in [-0.3, -0.25) is 19.3 Å². The highest BCUT2D eigenvalue weighted by atomic mass is 32.1. The van der Waals surface area contributed by atoms with Gasteiger partial charge in [0.2, 0.25) is 17.7 Å². The van der Waals surface area contributed by atoms with Gasteiger partial charge in [-0.15, -0.1) is 11.3 Å². The number of hydrogen-bond donors (Lipinski definition) is 1. The minimum absolute atomic E-state index is 0.0236. The Kier molecular flexibility index (Phi) is 5.04. The molecule has 2 atom stereocenters. The van der Waals surface area contributed by atoms with E-state index in [1.54, 1.807) is 17.5 Å². The molecule has 0 bridgehead atoms. The average molecular weight is 399 g/mol. The van der Waals surface area contributed by atoms with E-state index in [-0.39, 0.29) is 48.3 Å². The van der Waals surface area contributed by atoms with Crippen LogP contribution in [0.4, 0.5) is 9.52 Å². The molecule has 1 aromatic carbocycles. The molecule has 28 heavy (non-hydrogen) atoms. The maximum Gasteiger partial charge on any atom is 0.233 e. The molecule has 0 radical (unpaired) electrons. The Labute approximate surface area is 165 Å². The van der Waals surface area contributed by atoms with Gasteiger partial charge in [-0.2, -0.15) is 0 Å². The predicted molar refractivity (Wildman–Crippen MR) is 103 cm³/mol. The SMILES string of the molecule is O=C(CCN1C(=O)[C@H]2CC=CC[C@@H]2C1=O)Nc1nc(-c2ccc(F)cc2)cs1. The summed E-state index contributed by atoms with van der Waals surface area (Å²) < 4.78 is 13.0. The number of nitrogens with one attached hydrogen (secondary N) is 1. The Bertz CT molecular complexity index is 928. The lowest BCUT2D eigenvalue weighted by Gasteiger charge is -2.14. The molecule has 2 aromatic rings. The lowest BCUT2D eigenvalue weighted by atomic mass is 9.85. The third-order valence-electron chi connectivity index (χ3n) is 5.05. The van der Waals surface area contributed by atoms with Gasteiger partial charge in [-0.1, -0.05) is 12.2 Å². The first-order chi connectivity index (χ1) is 13.5. The topological polar surface area (TPSA) is 79.4 Å². The number of benzene rings is 1. The molecule has 1 N–H and O–H groups in total. The van der Waals surface area contributed by atoms with Crippen LogP contribution in [0.3, 0.4) is 0 Å². The van der Waals surface area contributed by atoms with E-state index >= 15 is 0 Å². The summed E-state index contributed by atoms with van der Waals surface area (Å²) in [6, 6.07) is 5.94. The molecule has 1 aliphatic carbocycles. The van der Waals surface area contributed by atoms with Crippen LogP contribution >= 0.6 is 11.3 Å². The van der Waals surface area contributed by atoms with Crippen LogP contribution in [0.5, 0.6) is 0 Å². The molecule has 1 aromatic heterocycles. The third-order valence-corrected chi connectivity index (χ3v) is 5.81. The monoisotopic (exact) mass is 399 g/mol. The zero-order valence-corrected chi connectivity index (χ0v) is 15.7. The van der Waals surface area contributed by atoms with Crippen LogP contribution in [-0.2, 0) is 14.4 Å². The van der Waals surface area contributed by atoms with Gasteiger partial charge in [-0.25, -0.2) is 9.37 Å². The summed E-state index contributed by atoms with van der Waals surface area (Å²) in [7, 11) is 0. The van der Waals surface area contributed by atoms with Crippen molar-refractivity contribution in [3.05, 3.63) is 47.6 Å². The maximum atomic E-state index is 13.0. The summed E-state index contributed by atoms with van der Waals surface area (Å²) >= 11 is 1.26. The van der Waals surface area contributed by atoms with Gasteiger partial charge in [0.25, 0.3) is 0 Å². The smallest absolute Gasteiger partial charge is 0.233 e. The fraction of sp³-hybridized carbons (Fsp3) is 0.300. The second kappa shape index (κ2) is 7.63. The highest BCUT2D eigenvalue weighted by Crippen LogP contribution is 2.35. The summed E-state index contributed by atoms with van der Waals surface area (Å²) in [5, 5.41) is 4.88. The average Bonchev–Trinajstić information content (AvgIpc) is 3.25. The number of halogens is 1. The van der Waals surface area contributed by atoms with Crippen molar-refractivity contribution in [2.75, 3.05) is 11.9 Å². The number of aromatic nitrogens is 1. The van der Waals surface area contributed by atoms with Gasteiger partial charge >= 0.3 is 0 Å². The number of fused-ring (bicyclic) bond motifs is 1. The Balaban J connectivity index is 1.33. The first-order valence-electron chi connectivity index (χ1n) is 9.04. The van der Waals surface area contributed by atoms with Gasteiger partial charge in [0, 0.05) is 23.9 Å². The first-order valence-corrected chi connectivity index (χ1v) is 9.92. The van der Waals surface area contributed by atoms with Gasteiger partial charge in [0.1, 0.15) is 5.82 Å². The van der Waals surface area contributed by atoms with E-state index < -0.39 is 0 Å². The Hall–Kier alpha value is -2.87. The Morgan fingerprint density at radius 3 is 2.43 bits per heavy atom. The number of likely N-dealkylation sites (tertiary alicyclic amines) is 1. The van der Waals surface area contributed by atoms with Crippen molar-refractivity contribution in [1.82, 2.24) is 9.88 Å². The number of imide groups is 1. The lowest BCUT2D eigenvalue weighted by Crippen LogP contribution is -2.34. The molecule has 0 spiro atoms. The molecule has 2 heterocycles. The molecule has 1 fully saturated rings. The maximum absolute atomic E-state index is 13.0. The fourth-order valence-electron chi connectivity index (χ4n) is 3.57. The van der Waals surface area contributed by atoms with Crippen molar-refractivity contribution in [3.8, 4) is 11.3 Å². The predicted octanol–water partition coefficient (Wildman–Crippen LogP) is 3.23. The molecule has 0 saturated carbocycles. The van der Waals surface area contributed by atoms with Crippen molar-refractivity contribution in [3.63, 3.8) is 0 Å². The molecule has 4 rings (SSSR count). The summed E-state index contributed by atoms with van der Waals surface area (Å²) in [6.07, 6.45) is 5.07. The number of carbonyl (C=O) groups excluding carboxylic acids is 3. The lowest BCUT2D eigenvalue weighted by molar-refractivity contribution is -0.140. The highest BCUT2D eigenvalue weighted by molar-refractivity contribution is 7.14. The zero-order chi connectivity index (χ0) is 19.7. The van der Waals surface area contributed by atoms with Crippen LogP contribution in [0.2, 0.25) is 0 Å². The fourth-order valence-corrected chi connectivity index (χ4v) is 4.30. The van der Waals surface area contributed by atoms with E-state index in [2.05, 4.69) is 10.3 Å². The molecular weight excluding hydrogens is 381 g/mol. The van der Waals surface area contributed by atoms with Crippen molar-refractivity contribution in [2.45, 2.75) is 19.3 Å². The quantitative estimate of drug-likeness (QED) is 0.618. The molecule has 6 nitrogen and oxygen atoms in total. The number of nitrogens with zero attached hydrogens (tertiary/aromatic N) is 2. The number of anilines is 1. The van der Waals surface area contributed by atoms with Crippen molar-refractivity contribution < 1.29 is 18.8 Å². The molecule has 3 amide bonds. The number of amides is 3. The van der Waals surface area contributed by atoms with Crippen LogP contribution < -0.4 is 5.32 Å². The van der Waals surface area contributed by atoms with E-state index in [9.17, 15) is 18.8 Å². The largest absolute Gasteiger partial charge is 0.302 e. The number of hydrogen-bond acceptors (Lipinski definition) is 5. The standard InChI is InChI=1S/C20H18FN3O3S/c21-13-7-5-12(6-8-13)16-11-28-20(22-16)23-17(25)9-10-24-18(26)14-3-1-2-4-15(14)19(24)27/h1-2,5-8,11,14-15H,3-4,9-10H2,(H,22,23,25)/t14-,15-/m0/s1. The molecule has 0 unspecified atom stereocenters. The van der Waals surface area contributed by atoms with E-state index in [0.29, 0.717) is 23.7 Å². The summed E-state index contributed by atoms with van der Waals surface area (Å²) in [5.74, 6) is -1.56. The minimum atomic E-state index is -0.325. The van der Waals surface area contributed by atoms with Gasteiger partial charge in [0.15, 0.2) is 5.13 Å². The van der Waals surface area contributed by atoms with E-state index in [0.717, 1.165) is 5.56 Å². The number of allylic oxidation sites excluding steroid dienone is 2. The van der Waals surface area contributed by atoms with E-state index in [4.69, 9.17) is 0 Å². The van der Waals surface area contributed by atoms with Crippen LogP contribution in [0.1, 0.15) is 19.3 Å². The highest BCUT2D eigenvalue weighted by Gasteiger charge is 2.46. The van der Waals surface area contributed by atoms with Crippen LogP contribution in [-0.4, -0.2) is 34.2 Å². The molecule has 1 saturated heterocycles. The van der Waals surface area contributed by atoms with Crippen LogP contribution in [0, 0.1) is 17.7 Å². The third kappa shape index (κ3) is 3.60. The normalized spacial score (nSPS) is 21.1. The number of rotatable bonds is 5. The summed E-state index contributed by atoms with van der Waals surface area (Å²) in [4.78, 5) is 42.6. The minimum Gasteiger partial charge on any atom is -0.302 e. The van der Waals surface area contributed by atoms with E-state index in [1.807, 2.05) is 12.2 Å². The number of thiazole rings is 1. The van der Waals surface area contributed by atoms with Crippen molar-refractivity contribution >= 4 is 34.2 Å².